The minimum atomic E-state index is -1.89. The second-order valence-corrected chi connectivity index (χ2v) is 20.7. The maximum atomic E-state index is 12.4. The highest BCUT2D eigenvalue weighted by Gasteiger charge is 2.53. The van der Waals surface area contributed by atoms with Crippen molar-refractivity contribution in [2.75, 3.05) is 85.9 Å². The van der Waals surface area contributed by atoms with E-state index < -0.39 is 255 Å². The Kier molecular flexibility index (Phi) is 22.7. The number of aliphatic carboxylic acids is 1. The molecule has 76 heavy (non-hydrogen) atoms. The number of aliphatic hydroxyl groups excluding tert-OH is 16. The molecular weight excluding hydrogens is 1030 g/mol. The molecule has 0 aromatic rings. The van der Waals surface area contributed by atoms with Gasteiger partial charge in [0, 0.05) is 30.3 Å². The Bertz CT molecular complexity index is 1760. The second-order valence-electron chi connectivity index (χ2n) is 20.7. The van der Waals surface area contributed by atoms with Crippen molar-refractivity contribution in [1.82, 2.24) is 0 Å². The van der Waals surface area contributed by atoms with Gasteiger partial charge in [-0.1, -0.05) is 0 Å². The number of carbonyl (C=O) groups is 1. The number of ether oxygens (including phenoxy) is 12. The summed E-state index contributed by atoms with van der Waals surface area (Å²) in [6.45, 7) is -4.04. The molecule has 0 aromatic heterocycles. The van der Waals surface area contributed by atoms with Crippen LogP contribution in [-0.4, -0.2) is 332 Å². The fourth-order valence-electron chi connectivity index (χ4n) is 11.0. The SMILES string of the molecule is CC1OC(CCO)C(O)C(O)C1COCC1OC(CO)C(COCC2OC(C(=O)[O-])C(COCC3OC4COC5OC(COCC6OC(CO)C(O)C(O)C6O)C(O)C(O)C5OCC(C3O)C4O)C(O)C2O)C(O)C1O. The van der Waals surface area contributed by atoms with Crippen molar-refractivity contribution in [3.63, 3.8) is 0 Å². The molecule has 0 aliphatic carbocycles. The lowest BCUT2D eigenvalue weighted by Crippen LogP contribution is -2.62. The standard InChI is InChI=1S/C46H78O30/c1-16-17(32(52)35(55)21(71-16)2-3-47)6-65-11-25-37(57)33(53)18(22(4-48)72-25)7-66-13-27-38(58)34(54)20(43(75-27)45(63)64)8-67-10-24-30(50)19-9-69-44-42(62)40(60)28(76-46(44)70-15-29(74-24)31(19)51)14-68-12-26-39(59)41(61)36(56)23(5-49)73-26/h16-44,46-62H,2-15H2,1H3,(H,63,64)/p-1. The average Bonchev–Trinajstić information content (AvgIpc) is 3.44. The monoisotopic (exact) mass is 1110 g/mol. The summed E-state index contributed by atoms with van der Waals surface area (Å²) in [4.78, 5) is 12.4. The van der Waals surface area contributed by atoms with Gasteiger partial charge >= 0.3 is 0 Å². The van der Waals surface area contributed by atoms with Crippen LogP contribution in [0.2, 0.25) is 0 Å². The molecule has 2 bridgehead atoms. The maximum Gasteiger partial charge on any atom is 0.187 e. The summed E-state index contributed by atoms with van der Waals surface area (Å²) < 4.78 is 68.9. The molecule has 30 heteroatoms. The molecule has 0 amide bonds. The minimum Gasteiger partial charge on any atom is -0.547 e. The van der Waals surface area contributed by atoms with Crippen LogP contribution in [0.3, 0.4) is 0 Å². The van der Waals surface area contributed by atoms with E-state index in [2.05, 4.69) is 0 Å². The van der Waals surface area contributed by atoms with Crippen LogP contribution in [0.1, 0.15) is 13.3 Å². The Labute approximate surface area is 435 Å². The number of aliphatic hydroxyl groups is 16. The van der Waals surface area contributed by atoms with Gasteiger partial charge < -0.3 is 148 Å². The first-order chi connectivity index (χ1) is 36.2. The summed E-state index contributed by atoms with van der Waals surface area (Å²) in [6.07, 6.45) is -36.0. The summed E-state index contributed by atoms with van der Waals surface area (Å²) >= 11 is 0. The third-order valence-corrected chi connectivity index (χ3v) is 15.7. The molecule has 30 unspecified atom stereocenters. The van der Waals surface area contributed by atoms with Gasteiger partial charge in [0.15, 0.2) is 6.29 Å². The van der Waals surface area contributed by atoms with E-state index >= 15 is 0 Å². The van der Waals surface area contributed by atoms with Crippen molar-refractivity contribution in [3.8, 4) is 0 Å². The molecule has 30 nitrogen and oxygen atoms in total. The Balaban J connectivity index is 0.865. The molecule has 30 atom stereocenters. The first-order valence-corrected chi connectivity index (χ1v) is 25.6. The van der Waals surface area contributed by atoms with E-state index in [9.17, 15) is 91.6 Å². The van der Waals surface area contributed by atoms with Gasteiger partial charge in [-0.25, -0.2) is 0 Å². The van der Waals surface area contributed by atoms with Crippen molar-refractivity contribution in [3.05, 3.63) is 0 Å². The number of fused-ring (bicyclic) bond motifs is 3. The van der Waals surface area contributed by atoms with Crippen LogP contribution in [0.15, 0.2) is 0 Å². The Hall–Kier alpha value is -1.65. The molecule has 7 saturated heterocycles. The van der Waals surface area contributed by atoms with Gasteiger partial charge in [-0.2, -0.15) is 0 Å². The smallest absolute Gasteiger partial charge is 0.187 e. The molecule has 0 saturated carbocycles. The average molecular weight is 1110 g/mol. The number of carbonyl (C=O) groups excluding carboxylic acids is 1. The lowest BCUT2D eigenvalue weighted by Gasteiger charge is -2.45. The summed E-state index contributed by atoms with van der Waals surface area (Å²) in [7, 11) is 0. The quantitative estimate of drug-likeness (QED) is 0.0507. The summed E-state index contributed by atoms with van der Waals surface area (Å²) in [6, 6.07) is 0. The Morgan fingerprint density at radius 2 is 0.895 bits per heavy atom. The summed E-state index contributed by atoms with van der Waals surface area (Å²) in [5.74, 6) is -6.12. The molecule has 7 aliphatic heterocycles. The van der Waals surface area contributed by atoms with E-state index in [1.807, 2.05) is 0 Å². The van der Waals surface area contributed by atoms with Crippen LogP contribution in [0.25, 0.3) is 0 Å². The third-order valence-electron chi connectivity index (χ3n) is 15.7. The molecule has 0 aromatic carbocycles. The number of hydrogen-bond donors (Lipinski definition) is 16. The van der Waals surface area contributed by atoms with Gasteiger partial charge in [-0.3, -0.25) is 0 Å². The highest BCUT2D eigenvalue weighted by Crippen LogP contribution is 2.35. The van der Waals surface area contributed by atoms with Crippen molar-refractivity contribution < 1.29 is 148 Å². The lowest BCUT2D eigenvalue weighted by molar-refractivity contribution is -0.332. The maximum absolute atomic E-state index is 12.4. The predicted molar refractivity (Wildman–Crippen MR) is 240 cm³/mol. The summed E-state index contributed by atoms with van der Waals surface area (Å²) in [5, 5.41) is 182. The van der Waals surface area contributed by atoms with Crippen LogP contribution >= 0.6 is 0 Å². The normalized spacial score (nSPS) is 49.3. The highest BCUT2D eigenvalue weighted by atomic mass is 16.7. The van der Waals surface area contributed by atoms with E-state index in [1.165, 1.54) is 0 Å². The van der Waals surface area contributed by atoms with Crippen molar-refractivity contribution >= 4 is 5.97 Å². The largest absolute Gasteiger partial charge is 0.547 e. The van der Waals surface area contributed by atoms with Crippen molar-refractivity contribution in [2.24, 2.45) is 23.7 Å². The number of carboxylic acid groups (broad SMARTS) is 1. The molecule has 0 radical (unpaired) electrons. The van der Waals surface area contributed by atoms with Gasteiger partial charge in [0.1, 0.15) is 104 Å². The zero-order valence-corrected chi connectivity index (χ0v) is 41.6. The van der Waals surface area contributed by atoms with Gasteiger partial charge in [0.05, 0.1) is 134 Å². The fourth-order valence-corrected chi connectivity index (χ4v) is 11.0. The van der Waals surface area contributed by atoms with E-state index in [1.54, 1.807) is 6.92 Å². The van der Waals surface area contributed by atoms with Crippen LogP contribution < -0.4 is 5.11 Å². The lowest BCUT2D eigenvalue weighted by atomic mass is 9.86. The van der Waals surface area contributed by atoms with Crippen LogP contribution in [0, 0.1) is 23.7 Å². The van der Waals surface area contributed by atoms with E-state index in [4.69, 9.17) is 56.8 Å². The molecule has 7 aliphatic rings. The van der Waals surface area contributed by atoms with E-state index in [-0.39, 0.29) is 26.2 Å². The van der Waals surface area contributed by atoms with Crippen LogP contribution in [-0.2, 0) is 61.6 Å². The zero-order chi connectivity index (χ0) is 55.3. The van der Waals surface area contributed by atoms with Crippen molar-refractivity contribution in [2.45, 2.75) is 172 Å². The molecule has 442 valence electrons. The topological polar surface area (TPSA) is 475 Å². The third kappa shape index (κ3) is 13.8. The second kappa shape index (κ2) is 27.9. The molecule has 7 fully saturated rings. The molecule has 16 N–H and O–H groups in total. The Morgan fingerprint density at radius 3 is 1.49 bits per heavy atom. The zero-order valence-electron chi connectivity index (χ0n) is 41.6. The number of rotatable bonds is 21. The van der Waals surface area contributed by atoms with Gasteiger partial charge in [-0.05, 0) is 13.3 Å². The van der Waals surface area contributed by atoms with Crippen molar-refractivity contribution in [1.29, 1.82) is 0 Å². The minimum absolute atomic E-state index is 0.115. The molecular formula is C46H77O30-. The number of hydrogen-bond acceptors (Lipinski definition) is 30. The molecule has 7 rings (SSSR count). The van der Waals surface area contributed by atoms with E-state index in [0.717, 1.165) is 0 Å². The highest BCUT2D eigenvalue weighted by molar-refractivity contribution is 5.70. The summed E-state index contributed by atoms with van der Waals surface area (Å²) in [5.41, 5.74) is 0. The first kappa shape index (κ1) is 62.0. The fraction of sp³-hybridized carbons (Fsp3) is 0.978. The van der Waals surface area contributed by atoms with Gasteiger partial charge in [0.25, 0.3) is 0 Å². The predicted octanol–water partition coefficient (Wildman–Crippen LogP) is -11.7. The Morgan fingerprint density at radius 1 is 0.434 bits per heavy atom. The number of carboxylic acids is 1. The van der Waals surface area contributed by atoms with Crippen LogP contribution in [0.4, 0.5) is 0 Å². The first-order valence-electron chi connectivity index (χ1n) is 25.6. The van der Waals surface area contributed by atoms with Gasteiger partial charge in [-0.15, -0.1) is 0 Å². The molecule has 7 heterocycles. The molecule has 0 spiro atoms. The van der Waals surface area contributed by atoms with Crippen LogP contribution in [0.5, 0.6) is 0 Å². The van der Waals surface area contributed by atoms with Gasteiger partial charge in [0.2, 0.25) is 0 Å². The van der Waals surface area contributed by atoms with E-state index in [0.29, 0.717) is 0 Å².